The summed E-state index contributed by atoms with van der Waals surface area (Å²) in [5.74, 6) is 0.295. The van der Waals surface area contributed by atoms with E-state index in [9.17, 15) is 5.11 Å². The summed E-state index contributed by atoms with van der Waals surface area (Å²) in [6, 6.07) is 15.8. The smallest absolute Gasteiger partial charge is 0.116 e. The predicted octanol–water partition coefficient (Wildman–Crippen LogP) is 3.56. The molecule has 3 nitrogen and oxygen atoms in total. The van der Waals surface area contributed by atoms with Crippen molar-refractivity contribution in [3.8, 4) is 5.75 Å². The Morgan fingerprint density at radius 2 is 1.91 bits per heavy atom. The van der Waals surface area contributed by atoms with Crippen LogP contribution >= 0.6 is 0 Å². The summed E-state index contributed by atoms with van der Waals surface area (Å²) < 4.78 is 2.19. The molecule has 2 aromatic carbocycles. The molecule has 0 unspecified atom stereocenters. The number of fused-ring (bicyclic) bond motifs is 1. The highest BCUT2D eigenvalue weighted by atomic mass is 16.3. The van der Waals surface area contributed by atoms with Crippen LogP contribution in [0.15, 0.2) is 60.8 Å². The molecule has 3 rings (SSSR count). The van der Waals surface area contributed by atoms with Gasteiger partial charge in [-0.2, -0.15) is 0 Å². The van der Waals surface area contributed by atoms with Crippen molar-refractivity contribution in [3.05, 3.63) is 71.9 Å². The van der Waals surface area contributed by atoms with Crippen LogP contribution in [0.25, 0.3) is 17.0 Å². The molecule has 112 valence electrons. The molecular formula is C19H20N2O. The molecule has 3 N–H and O–H groups in total. The third-order valence-corrected chi connectivity index (χ3v) is 3.77. The highest BCUT2D eigenvalue weighted by molar-refractivity contribution is 5.85. The SMILES string of the molecule is NCCc1cn(C/C=C/c2ccccc2)c2ccc(O)cc12. The number of allylic oxidation sites excluding steroid dienone is 1. The van der Waals surface area contributed by atoms with Gasteiger partial charge in [-0.25, -0.2) is 0 Å². The average Bonchev–Trinajstić information content (AvgIpc) is 2.86. The third-order valence-electron chi connectivity index (χ3n) is 3.77. The Morgan fingerprint density at radius 1 is 1.09 bits per heavy atom. The van der Waals surface area contributed by atoms with E-state index >= 15 is 0 Å². The number of hydrogen-bond donors (Lipinski definition) is 2. The third kappa shape index (κ3) is 3.05. The largest absolute Gasteiger partial charge is 0.508 e. The van der Waals surface area contributed by atoms with Gasteiger partial charge in [-0.05, 0) is 42.3 Å². The fourth-order valence-electron chi connectivity index (χ4n) is 2.73. The van der Waals surface area contributed by atoms with Crippen molar-refractivity contribution in [1.82, 2.24) is 4.57 Å². The normalized spacial score (nSPS) is 11.5. The van der Waals surface area contributed by atoms with Crippen molar-refractivity contribution in [3.63, 3.8) is 0 Å². The summed E-state index contributed by atoms with van der Waals surface area (Å²) >= 11 is 0. The first kappa shape index (κ1) is 14.4. The van der Waals surface area contributed by atoms with Crippen LogP contribution in [-0.2, 0) is 13.0 Å². The Labute approximate surface area is 130 Å². The van der Waals surface area contributed by atoms with Crippen LogP contribution < -0.4 is 5.73 Å². The van der Waals surface area contributed by atoms with Gasteiger partial charge in [0.1, 0.15) is 5.75 Å². The van der Waals surface area contributed by atoms with Gasteiger partial charge in [-0.3, -0.25) is 0 Å². The monoisotopic (exact) mass is 292 g/mol. The summed E-state index contributed by atoms with van der Waals surface area (Å²) in [6.07, 6.45) is 7.21. The van der Waals surface area contributed by atoms with Crippen molar-refractivity contribution < 1.29 is 5.11 Å². The Morgan fingerprint density at radius 3 is 2.68 bits per heavy atom. The van der Waals surface area contributed by atoms with Crippen LogP contribution in [-0.4, -0.2) is 16.2 Å². The number of aromatic hydroxyl groups is 1. The van der Waals surface area contributed by atoms with Crippen LogP contribution in [0.2, 0.25) is 0 Å². The van der Waals surface area contributed by atoms with Gasteiger partial charge in [0, 0.05) is 23.6 Å². The Kier molecular flexibility index (Phi) is 4.26. The summed E-state index contributed by atoms with van der Waals surface area (Å²) in [5, 5.41) is 10.8. The minimum Gasteiger partial charge on any atom is -0.508 e. The van der Waals surface area contributed by atoms with Crippen molar-refractivity contribution in [2.24, 2.45) is 5.73 Å². The van der Waals surface area contributed by atoms with E-state index in [1.807, 2.05) is 30.3 Å². The first-order chi connectivity index (χ1) is 10.8. The van der Waals surface area contributed by atoms with Gasteiger partial charge in [-0.1, -0.05) is 42.5 Å². The fourth-order valence-corrected chi connectivity index (χ4v) is 2.73. The molecule has 0 aliphatic carbocycles. The Balaban J connectivity index is 1.89. The minimum absolute atomic E-state index is 0.295. The van der Waals surface area contributed by atoms with Gasteiger partial charge < -0.3 is 15.4 Å². The zero-order valence-electron chi connectivity index (χ0n) is 12.4. The summed E-state index contributed by atoms with van der Waals surface area (Å²) in [4.78, 5) is 0. The van der Waals surface area contributed by atoms with Crippen LogP contribution in [0.3, 0.4) is 0 Å². The van der Waals surface area contributed by atoms with E-state index in [1.165, 1.54) is 11.1 Å². The number of aromatic nitrogens is 1. The second-order valence-electron chi connectivity index (χ2n) is 5.36. The second kappa shape index (κ2) is 6.50. The van der Waals surface area contributed by atoms with Crippen LogP contribution in [0, 0.1) is 0 Å². The van der Waals surface area contributed by atoms with Gasteiger partial charge >= 0.3 is 0 Å². The van der Waals surface area contributed by atoms with Crippen LogP contribution in [0.4, 0.5) is 0 Å². The lowest BCUT2D eigenvalue weighted by molar-refractivity contribution is 0.476. The second-order valence-corrected chi connectivity index (χ2v) is 5.36. The molecule has 0 aliphatic heterocycles. The maximum absolute atomic E-state index is 9.70. The van der Waals surface area contributed by atoms with Gasteiger partial charge in [0.25, 0.3) is 0 Å². The first-order valence-electron chi connectivity index (χ1n) is 7.50. The molecule has 1 aromatic heterocycles. The molecule has 1 heterocycles. The van der Waals surface area contributed by atoms with Crippen LogP contribution in [0.1, 0.15) is 11.1 Å². The molecule has 0 fully saturated rings. The van der Waals surface area contributed by atoms with E-state index in [-0.39, 0.29) is 0 Å². The van der Waals surface area contributed by atoms with E-state index in [4.69, 9.17) is 5.73 Å². The molecule has 0 spiro atoms. The average molecular weight is 292 g/mol. The van der Waals surface area contributed by atoms with Crippen molar-refractivity contribution in [2.45, 2.75) is 13.0 Å². The number of phenols is 1. The fraction of sp³-hybridized carbons (Fsp3) is 0.158. The highest BCUT2D eigenvalue weighted by Gasteiger charge is 2.08. The van der Waals surface area contributed by atoms with Gasteiger partial charge in [-0.15, -0.1) is 0 Å². The van der Waals surface area contributed by atoms with E-state index < -0.39 is 0 Å². The first-order valence-corrected chi connectivity index (χ1v) is 7.50. The van der Waals surface area contributed by atoms with E-state index in [1.54, 1.807) is 6.07 Å². The topological polar surface area (TPSA) is 51.2 Å². The van der Waals surface area contributed by atoms with Gasteiger partial charge in [0.15, 0.2) is 0 Å². The number of benzene rings is 2. The molecule has 0 saturated heterocycles. The zero-order chi connectivity index (χ0) is 15.4. The maximum atomic E-state index is 9.70. The molecule has 0 amide bonds. The number of rotatable bonds is 5. The maximum Gasteiger partial charge on any atom is 0.116 e. The van der Waals surface area contributed by atoms with E-state index in [2.05, 4.69) is 35.0 Å². The molecule has 0 bridgehead atoms. The zero-order valence-corrected chi connectivity index (χ0v) is 12.4. The van der Waals surface area contributed by atoms with Crippen molar-refractivity contribution in [2.75, 3.05) is 6.54 Å². The highest BCUT2D eigenvalue weighted by Crippen LogP contribution is 2.26. The number of hydrogen-bond acceptors (Lipinski definition) is 2. The molecule has 3 aromatic rings. The van der Waals surface area contributed by atoms with E-state index in [0.29, 0.717) is 12.3 Å². The van der Waals surface area contributed by atoms with Gasteiger partial charge in [0.2, 0.25) is 0 Å². The van der Waals surface area contributed by atoms with Crippen LogP contribution in [0.5, 0.6) is 5.75 Å². The quantitative estimate of drug-likeness (QED) is 0.755. The Hall–Kier alpha value is -2.52. The summed E-state index contributed by atoms with van der Waals surface area (Å²) in [7, 11) is 0. The predicted molar refractivity (Wildman–Crippen MR) is 91.8 cm³/mol. The van der Waals surface area contributed by atoms with E-state index in [0.717, 1.165) is 23.9 Å². The van der Waals surface area contributed by atoms with Crippen molar-refractivity contribution >= 4 is 17.0 Å². The molecule has 0 atom stereocenters. The lowest BCUT2D eigenvalue weighted by Crippen LogP contribution is -2.02. The molecule has 0 radical (unpaired) electrons. The van der Waals surface area contributed by atoms with Gasteiger partial charge in [0.05, 0.1) is 0 Å². The summed E-state index contributed by atoms with van der Waals surface area (Å²) in [5.41, 5.74) is 9.19. The lowest BCUT2D eigenvalue weighted by Gasteiger charge is -2.01. The number of phenolic OH excluding ortho intramolecular Hbond substituents is 1. The summed E-state index contributed by atoms with van der Waals surface area (Å²) in [6.45, 7) is 1.40. The molecule has 0 saturated carbocycles. The Bertz CT molecular complexity index is 788. The number of nitrogens with two attached hydrogens (primary N) is 1. The molecule has 0 aliphatic rings. The lowest BCUT2D eigenvalue weighted by atomic mass is 10.1. The molecule has 3 heteroatoms. The molecular weight excluding hydrogens is 272 g/mol. The standard InChI is InChI=1S/C19H20N2O/c20-11-10-16-14-21(19-9-8-17(22)13-18(16)19)12-4-7-15-5-2-1-3-6-15/h1-9,13-14,22H,10-12,20H2/b7-4+. The minimum atomic E-state index is 0.295. The van der Waals surface area contributed by atoms with Crippen molar-refractivity contribution in [1.29, 1.82) is 0 Å². The number of nitrogens with zero attached hydrogens (tertiary/aromatic N) is 1. The molecule has 22 heavy (non-hydrogen) atoms.